The van der Waals surface area contributed by atoms with Crippen molar-refractivity contribution < 1.29 is 19.1 Å². The highest BCUT2D eigenvalue weighted by atomic mass is 16.6. The first kappa shape index (κ1) is 14.7. The molecule has 3 fully saturated rings. The fourth-order valence-corrected chi connectivity index (χ4v) is 4.20. The third-order valence-corrected chi connectivity index (χ3v) is 5.49. The number of benzene rings is 1. The zero-order valence-electron chi connectivity index (χ0n) is 13.3. The molecule has 2 aliphatic heterocycles. The summed E-state index contributed by atoms with van der Waals surface area (Å²) in [5.41, 5.74) is 0.367. The summed E-state index contributed by atoms with van der Waals surface area (Å²) in [4.78, 5) is 26.6. The number of hydrogen-bond acceptors (Lipinski definition) is 4. The molecule has 1 unspecified atom stereocenters. The Balaban J connectivity index is 1.56. The third kappa shape index (κ3) is 2.34. The Kier molecular flexibility index (Phi) is 3.23. The molecule has 2 heterocycles. The standard InChI is InChI=1S/C18H21NO4/c1-17-7-8-18(11-17,12-23-17)15(20)19-14(10-22-16(19)21)9-13-5-3-2-4-6-13/h2-6,14H,7-12H2,1H3/t14-,17-,18?/m0/s1. The molecular weight excluding hydrogens is 294 g/mol. The van der Waals surface area contributed by atoms with Gasteiger partial charge in [-0.05, 0) is 38.2 Å². The van der Waals surface area contributed by atoms with Crippen LogP contribution in [0.2, 0.25) is 0 Å². The van der Waals surface area contributed by atoms with E-state index < -0.39 is 11.5 Å². The molecule has 4 rings (SSSR count). The molecule has 23 heavy (non-hydrogen) atoms. The smallest absolute Gasteiger partial charge is 0.417 e. The van der Waals surface area contributed by atoms with E-state index in [1.54, 1.807) is 0 Å². The number of carbonyl (C=O) groups excluding carboxylic acids is 2. The van der Waals surface area contributed by atoms with Gasteiger partial charge in [-0.25, -0.2) is 9.69 Å². The lowest BCUT2D eigenvalue weighted by Crippen LogP contribution is -2.48. The molecular formula is C18H21NO4. The minimum atomic E-state index is -0.535. The number of fused-ring (bicyclic) bond motifs is 2. The molecule has 2 bridgehead atoms. The van der Waals surface area contributed by atoms with Crippen molar-refractivity contribution in [1.82, 2.24) is 4.90 Å². The SMILES string of the molecule is C[C@@]12CCC(C(=O)N3C(=O)OC[C@@H]3Cc3ccccc3)(CO1)C2. The van der Waals surface area contributed by atoms with Crippen molar-refractivity contribution >= 4 is 12.0 Å². The zero-order valence-corrected chi connectivity index (χ0v) is 13.3. The van der Waals surface area contributed by atoms with Crippen molar-refractivity contribution in [3.05, 3.63) is 35.9 Å². The monoisotopic (exact) mass is 315 g/mol. The Hall–Kier alpha value is -1.88. The summed E-state index contributed by atoms with van der Waals surface area (Å²) >= 11 is 0. The van der Waals surface area contributed by atoms with E-state index in [1.165, 1.54) is 4.90 Å². The van der Waals surface area contributed by atoms with Crippen LogP contribution in [0.5, 0.6) is 0 Å². The highest BCUT2D eigenvalue weighted by Crippen LogP contribution is 2.54. The van der Waals surface area contributed by atoms with Gasteiger partial charge in [0.2, 0.25) is 5.91 Å². The number of amides is 2. The van der Waals surface area contributed by atoms with Gasteiger partial charge in [0.05, 0.1) is 23.7 Å². The van der Waals surface area contributed by atoms with Crippen LogP contribution in [0.4, 0.5) is 4.79 Å². The predicted octanol–water partition coefficient (Wildman–Crippen LogP) is 2.54. The normalized spacial score (nSPS) is 35.6. The Morgan fingerprint density at radius 2 is 2.09 bits per heavy atom. The molecule has 5 nitrogen and oxygen atoms in total. The maximum atomic E-state index is 13.1. The van der Waals surface area contributed by atoms with Gasteiger partial charge in [-0.15, -0.1) is 0 Å². The Labute approximate surface area is 135 Å². The van der Waals surface area contributed by atoms with E-state index >= 15 is 0 Å². The molecule has 2 saturated heterocycles. The van der Waals surface area contributed by atoms with Crippen LogP contribution in [0.3, 0.4) is 0 Å². The maximum absolute atomic E-state index is 13.1. The van der Waals surface area contributed by atoms with Crippen molar-refractivity contribution in [2.75, 3.05) is 13.2 Å². The lowest BCUT2D eigenvalue weighted by molar-refractivity contribution is -0.141. The first-order chi connectivity index (χ1) is 11.0. The summed E-state index contributed by atoms with van der Waals surface area (Å²) in [6.45, 7) is 2.75. The summed E-state index contributed by atoms with van der Waals surface area (Å²) < 4.78 is 11.0. The molecule has 5 heteroatoms. The number of hydrogen-bond donors (Lipinski definition) is 0. The fourth-order valence-electron chi connectivity index (χ4n) is 4.20. The van der Waals surface area contributed by atoms with Crippen molar-refractivity contribution in [2.45, 2.75) is 44.2 Å². The first-order valence-corrected chi connectivity index (χ1v) is 8.20. The Morgan fingerprint density at radius 1 is 1.30 bits per heavy atom. The van der Waals surface area contributed by atoms with Crippen LogP contribution in [-0.2, 0) is 20.7 Å². The topological polar surface area (TPSA) is 55.8 Å². The average Bonchev–Trinajstić information content (AvgIpc) is 3.19. The van der Waals surface area contributed by atoms with Gasteiger partial charge in [0.1, 0.15) is 6.61 Å². The molecule has 0 N–H and O–H groups in total. The Morgan fingerprint density at radius 3 is 2.70 bits per heavy atom. The highest BCUT2D eigenvalue weighted by Gasteiger charge is 2.60. The van der Waals surface area contributed by atoms with Crippen molar-refractivity contribution in [3.8, 4) is 0 Å². The number of carbonyl (C=O) groups is 2. The minimum Gasteiger partial charge on any atom is -0.447 e. The second kappa shape index (κ2) is 5.06. The summed E-state index contributed by atoms with van der Waals surface area (Å²) in [6, 6.07) is 9.68. The molecule has 1 saturated carbocycles. The second-order valence-electron chi connectivity index (χ2n) is 7.29. The Bertz CT molecular complexity index is 634. The van der Waals surface area contributed by atoms with Gasteiger partial charge in [-0.3, -0.25) is 4.79 Å². The molecule has 122 valence electrons. The van der Waals surface area contributed by atoms with Gasteiger partial charge >= 0.3 is 6.09 Å². The molecule has 3 aliphatic rings. The number of imide groups is 1. The molecule has 2 amide bonds. The van der Waals surface area contributed by atoms with Gasteiger partial charge in [0.25, 0.3) is 0 Å². The summed E-state index contributed by atoms with van der Waals surface area (Å²) in [6.07, 6.45) is 2.51. The van der Waals surface area contributed by atoms with Gasteiger partial charge in [-0.1, -0.05) is 30.3 Å². The van der Waals surface area contributed by atoms with Gasteiger partial charge in [-0.2, -0.15) is 0 Å². The molecule has 1 aliphatic carbocycles. The molecule has 3 atom stereocenters. The molecule has 0 spiro atoms. The molecule has 0 aromatic heterocycles. The second-order valence-corrected chi connectivity index (χ2v) is 7.29. The quantitative estimate of drug-likeness (QED) is 0.860. The zero-order chi connectivity index (χ0) is 16.1. The number of ether oxygens (including phenoxy) is 2. The van der Waals surface area contributed by atoms with Crippen molar-refractivity contribution in [3.63, 3.8) is 0 Å². The van der Waals surface area contributed by atoms with Gasteiger partial charge in [0, 0.05) is 0 Å². The number of cyclic esters (lactones) is 1. The fraction of sp³-hybridized carbons (Fsp3) is 0.556. The summed E-state index contributed by atoms with van der Waals surface area (Å²) in [5.74, 6) is -0.109. The lowest BCUT2D eigenvalue weighted by Gasteiger charge is -2.30. The summed E-state index contributed by atoms with van der Waals surface area (Å²) in [7, 11) is 0. The molecule has 1 aromatic rings. The van der Waals surface area contributed by atoms with Gasteiger partial charge in [0.15, 0.2) is 0 Å². The van der Waals surface area contributed by atoms with Crippen molar-refractivity contribution in [2.24, 2.45) is 5.41 Å². The molecule has 0 radical (unpaired) electrons. The largest absolute Gasteiger partial charge is 0.447 e. The van der Waals surface area contributed by atoms with Crippen LogP contribution in [0.15, 0.2) is 30.3 Å². The predicted molar refractivity (Wildman–Crippen MR) is 82.8 cm³/mol. The van der Waals surface area contributed by atoms with E-state index in [1.807, 2.05) is 30.3 Å². The van der Waals surface area contributed by atoms with E-state index in [-0.39, 0.29) is 24.2 Å². The van der Waals surface area contributed by atoms with E-state index in [2.05, 4.69) is 6.92 Å². The minimum absolute atomic E-state index is 0.109. The van der Waals surface area contributed by atoms with Crippen molar-refractivity contribution in [1.29, 1.82) is 0 Å². The maximum Gasteiger partial charge on any atom is 0.417 e. The van der Waals surface area contributed by atoms with Crippen LogP contribution < -0.4 is 0 Å². The van der Waals surface area contributed by atoms with E-state index in [9.17, 15) is 9.59 Å². The highest BCUT2D eigenvalue weighted by molar-refractivity contribution is 5.97. The molecule has 1 aromatic carbocycles. The number of rotatable bonds is 3. The van der Waals surface area contributed by atoms with E-state index in [0.29, 0.717) is 19.4 Å². The summed E-state index contributed by atoms with van der Waals surface area (Å²) in [5, 5.41) is 0. The van der Waals surface area contributed by atoms with Crippen LogP contribution >= 0.6 is 0 Å². The first-order valence-electron chi connectivity index (χ1n) is 8.20. The number of nitrogens with zero attached hydrogens (tertiary/aromatic N) is 1. The van der Waals surface area contributed by atoms with Crippen LogP contribution in [0.25, 0.3) is 0 Å². The van der Waals surface area contributed by atoms with Crippen LogP contribution in [0.1, 0.15) is 31.7 Å². The van der Waals surface area contributed by atoms with E-state index in [4.69, 9.17) is 9.47 Å². The van der Waals surface area contributed by atoms with E-state index in [0.717, 1.165) is 18.4 Å². The van der Waals surface area contributed by atoms with Crippen LogP contribution in [-0.4, -0.2) is 41.8 Å². The lowest BCUT2D eigenvalue weighted by atomic mass is 9.85. The third-order valence-electron chi connectivity index (χ3n) is 5.49. The average molecular weight is 315 g/mol. The van der Waals surface area contributed by atoms with Gasteiger partial charge < -0.3 is 9.47 Å². The van der Waals surface area contributed by atoms with Crippen LogP contribution in [0, 0.1) is 5.41 Å².